The largest absolute Gasteiger partial charge is 0.309 e. The van der Waals surface area contributed by atoms with Crippen molar-refractivity contribution in [3.8, 4) is 0 Å². The third-order valence-electron chi connectivity index (χ3n) is 3.94. The number of thiophene rings is 1. The van der Waals surface area contributed by atoms with Crippen molar-refractivity contribution >= 4 is 38.9 Å². The van der Waals surface area contributed by atoms with Gasteiger partial charge in [0.1, 0.15) is 0 Å². The van der Waals surface area contributed by atoms with Crippen LogP contribution in [0.1, 0.15) is 50.4 Å². The molecule has 0 aliphatic heterocycles. The van der Waals surface area contributed by atoms with Gasteiger partial charge in [0.2, 0.25) is 0 Å². The van der Waals surface area contributed by atoms with Crippen molar-refractivity contribution in [2.24, 2.45) is 11.8 Å². The Morgan fingerprint density at radius 2 is 2.33 bits per heavy atom. The van der Waals surface area contributed by atoms with Crippen molar-refractivity contribution in [1.29, 1.82) is 0 Å². The molecule has 102 valence electrons. The number of rotatable bonds is 5. The van der Waals surface area contributed by atoms with Crippen LogP contribution in [0.15, 0.2) is 9.85 Å². The van der Waals surface area contributed by atoms with Gasteiger partial charge in [0.25, 0.3) is 0 Å². The van der Waals surface area contributed by atoms with Crippen molar-refractivity contribution in [2.45, 2.75) is 45.6 Å². The second-order valence-corrected chi connectivity index (χ2v) is 8.08. The Morgan fingerprint density at radius 1 is 1.56 bits per heavy atom. The molecule has 1 aliphatic carbocycles. The molecular formula is C14H21BrClNS. The highest BCUT2D eigenvalue weighted by atomic mass is 79.9. The van der Waals surface area contributed by atoms with E-state index in [1.807, 2.05) is 0 Å². The van der Waals surface area contributed by atoms with Crippen molar-refractivity contribution in [2.75, 3.05) is 6.54 Å². The summed E-state index contributed by atoms with van der Waals surface area (Å²) in [6.07, 6.45) is 5.26. The van der Waals surface area contributed by atoms with Crippen molar-refractivity contribution in [1.82, 2.24) is 5.32 Å². The van der Waals surface area contributed by atoms with Crippen LogP contribution in [0.5, 0.6) is 0 Å². The van der Waals surface area contributed by atoms with Gasteiger partial charge in [-0.05, 0) is 53.2 Å². The minimum absolute atomic E-state index is 0.483. The van der Waals surface area contributed by atoms with E-state index in [1.165, 1.54) is 30.6 Å². The zero-order chi connectivity index (χ0) is 13.1. The van der Waals surface area contributed by atoms with E-state index in [1.54, 1.807) is 11.3 Å². The summed E-state index contributed by atoms with van der Waals surface area (Å²) >= 11 is 11.5. The van der Waals surface area contributed by atoms with Crippen LogP contribution in [0.4, 0.5) is 0 Å². The summed E-state index contributed by atoms with van der Waals surface area (Å²) in [5, 5.41) is 4.58. The second-order valence-electron chi connectivity index (χ2n) is 5.27. The van der Waals surface area contributed by atoms with Gasteiger partial charge in [-0.25, -0.2) is 0 Å². The first-order valence-electron chi connectivity index (χ1n) is 6.81. The molecule has 0 radical (unpaired) electrons. The predicted molar refractivity (Wildman–Crippen MR) is 84.6 cm³/mol. The number of hydrogen-bond donors (Lipinski definition) is 1. The van der Waals surface area contributed by atoms with E-state index < -0.39 is 0 Å². The zero-order valence-corrected chi connectivity index (χ0v) is 14.2. The molecule has 1 aliphatic rings. The van der Waals surface area contributed by atoms with Crippen LogP contribution in [0, 0.1) is 11.8 Å². The summed E-state index contributed by atoms with van der Waals surface area (Å²) < 4.78 is 1.06. The third kappa shape index (κ3) is 3.30. The first-order valence-corrected chi connectivity index (χ1v) is 8.80. The van der Waals surface area contributed by atoms with Crippen molar-refractivity contribution < 1.29 is 0 Å². The first-order chi connectivity index (χ1) is 8.63. The summed E-state index contributed by atoms with van der Waals surface area (Å²) in [5.74, 6) is 1.58. The molecule has 4 heteroatoms. The number of nitrogens with one attached hydrogen (secondary N) is 1. The summed E-state index contributed by atoms with van der Waals surface area (Å²) in [6, 6.07) is 2.62. The minimum atomic E-state index is 0.483. The average molecular weight is 351 g/mol. The van der Waals surface area contributed by atoms with Crippen LogP contribution >= 0.6 is 38.9 Å². The van der Waals surface area contributed by atoms with E-state index in [0.29, 0.717) is 6.04 Å². The lowest BCUT2D eigenvalue weighted by atomic mass is 9.89. The monoisotopic (exact) mass is 349 g/mol. The van der Waals surface area contributed by atoms with Gasteiger partial charge in [0.15, 0.2) is 0 Å². The average Bonchev–Trinajstić information content (AvgIpc) is 2.88. The smallest absolute Gasteiger partial charge is 0.0887 e. The molecule has 1 N–H and O–H groups in total. The Balaban J connectivity index is 2.18. The highest BCUT2D eigenvalue weighted by Gasteiger charge is 2.32. The molecule has 18 heavy (non-hydrogen) atoms. The van der Waals surface area contributed by atoms with Crippen LogP contribution in [0.3, 0.4) is 0 Å². The molecule has 0 spiro atoms. The topological polar surface area (TPSA) is 12.0 Å². The molecule has 3 atom stereocenters. The van der Waals surface area contributed by atoms with Crippen LogP contribution in [-0.4, -0.2) is 6.54 Å². The van der Waals surface area contributed by atoms with Crippen LogP contribution in [-0.2, 0) is 0 Å². The minimum Gasteiger partial charge on any atom is -0.309 e. The fourth-order valence-electron chi connectivity index (χ4n) is 2.95. The Morgan fingerprint density at radius 3 is 2.83 bits per heavy atom. The van der Waals surface area contributed by atoms with Gasteiger partial charge in [0, 0.05) is 10.9 Å². The second kappa shape index (κ2) is 6.74. The van der Waals surface area contributed by atoms with Gasteiger partial charge in [-0.15, -0.1) is 11.3 Å². The molecule has 1 aromatic heterocycles. The van der Waals surface area contributed by atoms with Gasteiger partial charge in [0.05, 0.1) is 8.81 Å². The summed E-state index contributed by atoms with van der Waals surface area (Å²) in [7, 11) is 0. The molecule has 1 nitrogen and oxygen atoms in total. The molecule has 2 rings (SSSR count). The molecule has 1 fully saturated rings. The lowest BCUT2D eigenvalue weighted by Crippen LogP contribution is -2.29. The predicted octanol–water partition coefficient (Wildman–Crippen LogP) is 5.64. The summed E-state index contributed by atoms with van der Waals surface area (Å²) in [4.78, 5) is 1.39. The highest BCUT2D eigenvalue weighted by molar-refractivity contribution is 9.11. The molecule has 0 saturated heterocycles. The zero-order valence-electron chi connectivity index (χ0n) is 11.0. The molecular weight excluding hydrogens is 330 g/mol. The third-order valence-corrected chi connectivity index (χ3v) is 6.50. The van der Waals surface area contributed by atoms with Gasteiger partial charge in [-0.3, -0.25) is 0 Å². The molecule has 0 aromatic carbocycles. The Labute approximate surface area is 127 Å². The molecule has 1 saturated carbocycles. The standard InChI is InChI=1S/C14H21BrClNS/c1-3-7-17-13(10-6-4-5-9(10)2)12-8-11(16)14(15)18-12/h8-10,13,17H,3-7H2,1-2H3. The summed E-state index contributed by atoms with van der Waals surface area (Å²) in [6.45, 7) is 5.70. The first kappa shape index (κ1) is 14.8. The van der Waals surface area contributed by atoms with Crippen molar-refractivity contribution in [3.63, 3.8) is 0 Å². The molecule has 0 amide bonds. The Bertz CT molecular complexity index is 374. The van der Waals surface area contributed by atoms with E-state index in [-0.39, 0.29) is 0 Å². The number of halogens is 2. The Hall–Kier alpha value is 0.430. The van der Waals surface area contributed by atoms with Crippen LogP contribution < -0.4 is 5.32 Å². The maximum atomic E-state index is 6.19. The van der Waals surface area contributed by atoms with Crippen LogP contribution in [0.25, 0.3) is 0 Å². The molecule has 1 heterocycles. The van der Waals surface area contributed by atoms with Crippen LogP contribution in [0.2, 0.25) is 5.02 Å². The van der Waals surface area contributed by atoms with Gasteiger partial charge < -0.3 is 5.32 Å². The molecule has 1 aromatic rings. The highest BCUT2D eigenvalue weighted by Crippen LogP contribution is 2.44. The quantitative estimate of drug-likeness (QED) is 0.724. The maximum absolute atomic E-state index is 6.19. The molecule has 0 bridgehead atoms. The van der Waals surface area contributed by atoms with E-state index in [9.17, 15) is 0 Å². The lowest BCUT2D eigenvalue weighted by molar-refractivity contribution is 0.305. The number of hydrogen-bond acceptors (Lipinski definition) is 2. The molecule has 3 unspecified atom stereocenters. The van der Waals surface area contributed by atoms with E-state index in [4.69, 9.17) is 11.6 Å². The maximum Gasteiger partial charge on any atom is 0.0887 e. The normalized spacial score (nSPS) is 25.6. The summed E-state index contributed by atoms with van der Waals surface area (Å²) in [5.41, 5.74) is 0. The SMILES string of the molecule is CCCNC(c1cc(Cl)c(Br)s1)C1CCCC1C. The van der Waals surface area contributed by atoms with E-state index >= 15 is 0 Å². The fourth-order valence-corrected chi connectivity index (χ4v) is 4.85. The van der Waals surface area contributed by atoms with Gasteiger partial charge in [-0.1, -0.05) is 38.3 Å². The van der Waals surface area contributed by atoms with Gasteiger partial charge >= 0.3 is 0 Å². The lowest BCUT2D eigenvalue weighted by Gasteiger charge is -2.27. The fraction of sp³-hybridized carbons (Fsp3) is 0.714. The van der Waals surface area contributed by atoms with E-state index in [0.717, 1.165) is 27.2 Å². The van der Waals surface area contributed by atoms with Crippen molar-refractivity contribution in [3.05, 3.63) is 19.8 Å². The Kier molecular flexibility index (Phi) is 5.55. The van der Waals surface area contributed by atoms with Gasteiger partial charge in [-0.2, -0.15) is 0 Å². The van der Waals surface area contributed by atoms with E-state index in [2.05, 4.69) is 41.2 Å².